The van der Waals surface area contributed by atoms with Crippen molar-refractivity contribution in [1.82, 2.24) is 39.3 Å². The van der Waals surface area contributed by atoms with Gasteiger partial charge >= 0.3 is 5.69 Å². The number of likely N-dealkylation sites (tertiary alicyclic amines) is 1. The van der Waals surface area contributed by atoms with Crippen LogP contribution in [-0.2, 0) is 16.6 Å². The number of amides is 3. The molecular weight excluding hydrogens is 698 g/mol. The van der Waals surface area contributed by atoms with Gasteiger partial charge in [0, 0.05) is 37.7 Å². The number of aromatic nitrogens is 6. The predicted octanol–water partition coefficient (Wildman–Crippen LogP) is 4.98. The normalized spacial score (nSPS) is 21.6. The Labute approximate surface area is 310 Å². The molecule has 0 spiro atoms. The van der Waals surface area contributed by atoms with Crippen molar-refractivity contribution in [1.29, 1.82) is 0 Å². The number of ether oxygens (including phenoxy) is 1. The molecule has 2 aliphatic heterocycles. The number of para-hydroxylation sites is 1. The minimum absolute atomic E-state index is 0.112. The second-order valence-electron chi connectivity index (χ2n) is 14.6. The van der Waals surface area contributed by atoms with Gasteiger partial charge in [0.15, 0.2) is 5.69 Å². The standard InChI is InChI=1S/C38H42ClN9O5/c1-45-35-27(4-3-5-31(35)48(38(45)52)32-10-11-34(49)42-37(32)51)23-12-14-46(15-13-23)20-22-6-8-26(9-7-22)47-21-24-16-29(33(53-2)18-28(24)44-47)41-36(50)30-17-25(39)19-40-43-30/h3-5,16-19,21-23,26,32H,6-15,20H2,1-2H3,(H,41,50)(H,42,49,51)/t22-,26-,32?. The van der Waals surface area contributed by atoms with Gasteiger partial charge in [-0.2, -0.15) is 10.2 Å². The van der Waals surface area contributed by atoms with E-state index < -0.39 is 17.9 Å². The zero-order valence-corrected chi connectivity index (χ0v) is 30.5. The number of methoxy groups -OCH3 is 1. The molecule has 3 fully saturated rings. The van der Waals surface area contributed by atoms with E-state index in [4.69, 9.17) is 21.4 Å². The number of benzene rings is 2. The number of fused-ring (bicyclic) bond motifs is 2. The third-order valence-corrected chi connectivity index (χ3v) is 11.5. The topological polar surface area (TPSA) is 158 Å². The van der Waals surface area contributed by atoms with E-state index in [1.54, 1.807) is 23.3 Å². The summed E-state index contributed by atoms with van der Waals surface area (Å²) in [4.78, 5) is 53.3. The van der Waals surface area contributed by atoms with Crippen LogP contribution in [0.4, 0.5) is 5.69 Å². The SMILES string of the molecule is COc1cc2nn([C@H]3CC[C@H](CN4CCC(c5cccc6c5n(C)c(=O)n6C5CCC(=O)NC5=O)CC4)CC3)cc2cc1NC(=O)c1cc(Cl)cnn1. The van der Waals surface area contributed by atoms with Crippen LogP contribution in [0.25, 0.3) is 21.9 Å². The molecule has 1 aliphatic carbocycles. The van der Waals surface area contributed by atoms with E-state index in [2.05, 4.69) is 42.7 Å². The van der Waals surface area contributed by atoms with Gasteiger partial charge in [0.05, 0.1) is 46.6 Å². The Morgan fingerprint density at radius 3 is 2.57 bits per heavy atom. The molecule has 3 aliphatic rings. The van der Waals surface area contributed by atoms with Crippen LogP contribution < -0.4 is 21.1 Å². The van der Waals surface area contributed by atoms with E-state index in [1.165, 1.54) is 12.3 Å². The van der Waals surface area contributed by atoms with Crippen LogP contribution in [0.5, 0.6) is 5.75 Å². The van der Waals surface area contributed by atoms with Crippen molar-refractivity contribution < 1.29 is 19.1 Å². The number of hydrogen-bond acceptors (Lipinski definition) is 9. The number of aryl methyl sites for hydroxylation is 1. The molecule has 2 aromatic carbocycles. The Morgan fingerprint density at radius 2 is 1.83 bits per heavy atom. The highest BCUT2D eigenvalue weighted by molar-refractivity contribution is 6.30. The lowest BCUT2D eigenvalue weighted by atomic mass is 9.84. The van der Waals surface area contributed by atoms with Crippen molar-refractivity contribution in [3.05, 3.63) is 75.6 Å². The lowest BCUT2D eigenvalue weighted by molar-refractivity contribution is -0.135. The molecule has 2 N–H and O–H groups in total. The number of halogens is 1. The summed E-state index contributed by atoms with van der Waals surface area (Å²) < 4.78 is 10.9. The summed E-state index contributed by atoms with van der Waals surface area (Å²) >= 11 is 5.99. The molecule has 2 saturated heterocycles. The maximum atomic E-state index is 13.4. The van der Waals surface area contributed by atoms with E-state index >= 15 is 0 Å². The predicted molar refractivity (Wildman–Crippen MR) is 199 cm³/mol. The number of carbonyl (C=O) groups is 3. The molecular formula is C38H42ClN9O5. The number of carbonyl (C=O) groups excluding carboxylic acids is 3. The number of rotatable bonds is 8. The van der Waals surface area contributed by atoms with Gasteiger partial charge in [0.2, 0.25) is 11.8 Å². The summed E-state index contributed by atoms with van der Waals surface area (Å²) in [6.07, 6.45) is 10.3. The Kier molecular flexibility index (Phi) is 9.50. The lowest BCUT2D eigenvalue weighted by Crippen LogP contribution is -2.44. The van der Waals surface area contributed by atoms with Crippen LogP contribution in [0.1, 0.15) is 85.4 Å². The molecule has 3 aromatic heterocycles. The Bertz CT molecular complexity index is 2280. The number of piperidine rings is 2. The van der Waals surface area contributed by atoms with Crippen molar-refractivity contribution in [3.63, 3.8) is 0 Å². The molecule has 1 atom stereocenters. The fraction of sp³-hybridized carbons (Fsp3) is 0.447. The highest BCUT2D eigenvalue weighted by Gasteiger charge is 2.33. The Balaban J connectivity index is 0.880. The number of imidazole rings is 1. The molecule has 5 heterocycles. The van der Waals surface area contributed by atoms with Crippen molar-refractivity contribution in [2.45, 2.75) is 69.4 Å². The Morgan fingerprint density at radius 1 is 1.04 bits per heavy atom. The van der Waals surface area contributed by atoms with Crippen LogP contribution in [0.2, 0.25) is 5.02 Å². The van der Waals surface area contributed by atoms with Gasteiger partial charge in [-0.1, -0.05) is 23.7 Å². The second kappa shape index (κ2) is 14.4. The third kappa shape index (κ3) is 6.81. The molecule has 5 aromatic rings. The number of imide groups is 1. The minimum Gasteiger partial charge on any atom is -0.494 e. The number of nitrogens with one attached hydrogen (secondary N) is 2. The number of nitrogens with zero attached hydrogens (tertiary/aromatic N) is 7. The summed E-state index contributed by atoms with van der Waals surface area (Å²) in [5.74, 6) is 0.310. The fourth-order valence-corrected chi connectivity index (χ4v) is 8.72. The van der Waals surface area contributed by atoms with Crippen LogP contribution in [0.15, 0.2) is 53.6 Å². The number of anilines is 1. The molecule has 8 rings (SSSR count). The smallest absolute Gasteiger partial charge is 0.329 e. The van der Waals surface area contributed by atoms with Crippen LogP contribution >= 0.6 is 11.6 Å². The summed E-state index contributed by atoms with van der Waals surface area (Å²) in [7, 11) is 3.34. The first kappa shape index (κ1) is 35.0. The van der Waals surface area contributed by atoms with Gasteiger partial charge in [0.25, 0.3) is 5.91 Å². The second-order valence-corrected chi connectivity index (χ2v) is 15.0. The van der Waals surface area contributed by atoms with Gasteiger partial charge in [-0.25, -0.2) is 4.79 Å². The quantitative estimate of drug-likeness (QED) is 0.209. The molecule has 15 heteroatoms. The van der Waals surface area contributed by atoms with Gasteiger partial charge in [0.1, 0.15) is 11.8 Å². The van der Waals surface area contributed by atoms with Crippen LogP contribution in [-0.4, -0.2) is 78.5 Å². The number of hydrogen-bond donors (Lipinski definition) is 2. The molecule has 53 heavy (non-hydrogen) atoms. The highest BCUT2D eigenvalue weighted by atomic mass is 35.5. The van der Waals surface area contributed by atoms with E-state index in [9.17, 15) is 19.2 Å². The van der Waals surface area contributed by atoms with E-state index in [1.807, 2.05) is 24.3 Å². The third-order valence-electron chi connectivity index (χ3n) is 11.3. The van der Waals surface area contributed by atoms with Gasteiger partial charge in [-0.15, -0.1) is 5.10 Å². The lowest BCUT2D eigenvalue weighted by Gasteiger charge is -2.37. The van der Waals surface area contributed by atoms with Gasteiger partial charge < -0.3 is 15.0 Å². The van der Waals surface area contributed by atoms with E-state index in [0.29, 0.717) is 40.8 Å². The average Bonchev–Trinajstić information content (AvgIpc) is 3.69. The molecule has 3 amide bonds. The van der Waals surface area contributed by atoms with Gasteiger partial charge in [-0.3, -0.25) is 33.5 Å². The molecule has 1 saturated carbocycles. The molecule has 0 radical (unpaired) electrons. The van der Waals surface area contributed by atoms with Crippen molar-refractivity contribution in [2.24, 2.45) is 13.0 Å². The van der Waals surface area contributed by atoms with Crippen molar-refractivity contribution in [2.75, 3.05) is 32.1 Å². The minimum atomic E-state index is -0.684. The highest BCUT2D eigenvalue weighted by Crippen LogP contribution is 2.38. The Hall–Kier alpha value is -5.08. The van der Waals surface area contributed by atoms with Gasteiger partial charge in [-0.05, 0) is 93.6 Å². The summed E-state index contributed by atoms with van der Waals surface area (Å²) in [5, 5.41) is 19.0. The van der Waals surface area contributed by atoms with E-state index in [-0.39, 0.29) is 23.7 Å². The first-order valence-electron chi connectivity index (χ1n) is 18.3. The molecule has 1 unspecified atom stereocenters. The molecule has 14 nitrogen and oxygen atoms in total. The first-order chi connectivity index (χ1) is 25.7. The zero-order chi connectivity index (χ0) is 36.8. The largest absolute Gasteiger partial charge is 0.494 e. The molecule has 276 valence electrons. The summed E-state index contributed by atoms with van der Waals surface area (Å²) in [5.41, 5.74) is 4.00. The van der Waals surface area contributed by atoms with Crippen LogP contribution in [0.3, 0.4) is 0 Å². The fourth-order valence-electron chi connectivity index (χ4n) is 8.58. The van der Waals surface area contributed by atoms with Crippen LogP contribution in [0, 0.1) is 5.92 Å². The average molecular weight is 740 g/mol. The van der Waals surface area contributed by atoms with Crippen molar-refractivity contribution >= 4 is 56.9 Å². The maximum absolute atomic E-state index is 13.4. The molecule has 0 bridgehead atoms. The monoisotopic (exact) mass is 739 g/mol. The summed E-state index contributed by atoms with van der Waals surface area (Å²) in [6, 6.07) is 10.8. The zero-order valence-electron chi connectivity index (χ0n) is 29.8. The summed E-state index contributed by atoms with van der Waals surface area (Å²) in [6.45, 7) is 3.07. The first-order valence-corrected chi connectivity index (χ1v) is 18.7. The van der Waals surface area contributed by atoms with E-state index in [0.717, 1.165) is 85.7 Å². The maximum Gasteiger partial charge on any atom is 0.329 e. The van der Waals surface area contributed by atoms with Crippen molar-refractivity contribution in [3.8, 4) is 5.75 Å².